The van der Waals surface area contributed by atoms with E-state index in [0.717, 1.165) is 0 Å². The predicted molar refractivity (Wildman–Crippen MR) is 66.3 cm³/mol. The van der Waals surface area contributed by atoms with Gasteiger partial charge in [0.15, 0.2) is 0 Å². The SMILES string of the molecule is C=Cc1cn(C)c(C)c1/C=C\C.CC. The molecule has 1 heterocycles. The molecule has 0 aliphatic heterocycles. The van der Waals surface area contributed by atoms with Crippen LogP contribution in [0.4, 0.5) is 0 Å². The van der Waals surface area contributed by atoms with Crippen molar-refractivity contribution >= 4 is 12.2 Å². The van der Waals surface area contributed by atoms with E-state index >= 15 is 0 Å². The summed E-state index contributed by atoms with van der Waals surface area (Å²) >= 11 is 0. The molecule has 1 aromatic rings. The number of rotatable bonds is 2. The van der Waals surface area contributed by atoms with E-state index in [9.17, 15) is 0 Å². The van der Waals surface area contributed by atoms with E-state index in [1.54, 1.807) is 0 Å². The second-order valence-corrected chi connectivity index (χ2v) is 2.90. The van der Waals surface area contributed by atoms with Gasteiger partial charge in [0, 0.05) is 24.5 Å². The molecule has 1 nitrogen and oxygen atoms in total. The molecule has 0 amide bonds. The Kier molecular flexibility index (Phi) is 5.70. The van der Waals surface area contributed by atoms with Gasteiger partial charge in [-0.3, -0.25) is 0 Å². The van der Waals surface area contributed by atoms with E-state index in [1.807, 2.05) is 26.8 Å². The van der Waals surface area contributed by atoms with Gasteiger partial charge in [-0.25, -0.2) is 0 Å². The number of aryl methyl sites for hydroxylation is 1. The van der Waals surface area contributed by atoms with Crippen molar-refractivity contribution in [1.29, 1.82) is 0 Å². The van der Waals surface area contributed by atoms with Gasteiger partial charge >= 0.3 is 0 Å². The third-order valence-corrected chi connectivity index (χ3v) is 2.12. The first kappa shape index (κ1) is 12.8. The van der Waals surface area contributed by atoms with Gasteiger partial charge in [-0.1, -0.05) is 38.7 Å². The van der Waals surface area contributed by atoms with E-state index in [2.05, 4.69) is 43.5 Å². The van der Waals surface area contributed by atoms with Crippen LogP contribution in [-0.2, 0) is 7.05 Å². The van der Waals surface area contributed by atoms with Crippen molar-refractivity contribution in [3.8, 4) is 0 Å². The Morgan fingerprint density at radius 3 is 2.36 bits per heavy atom. The fourth-order valence-electron chi connectivity index (χ4n) is 1.32. The van der Waals surface area contributed by atoms with Crippen LogP contribution >= 0.6 is 0 Å². The monoisotopic (exact) mass is 191 g/mol. The first-order valence-electron chi connectivity index (χ1n) is 5.11. The van der Waals surface area contributed by atoms with Crippen LogP contribution in [0.2, 0.25) is 0 Å². The fraction of sp³-hybridized carbons (Fsp3) is 0.385. The molecule has 0 bridgehead atoms. The van der Waals surface area contributed by atoms with E-state index in [4.69, 9.17) is 0 Å². The highest BCUT2D eigenvalue weighted by Crippen LogP contribution is 2.18. The normalized spacial score (nSPS) is 9.79. The maximum absolute atomic E-state index is 3.78. The Labute approximate surface area is 87.8 Å². The summed E-state index contributed by atoms with van der Waals surface area (Å²) in [4.78, 5) is 0. The summed E-state index contributed by atoms with van der Waals surface area (Å²) < 4.78 is 2.12. The van der Waals surface area contributed by atoms with Crippen LogP contribution in [0, 0.1) is 6.92 Å². The van der Waals surface area contributed by atoms with Crippen molar-refractivity contribution in [1.82, 2.24) is 4.57 Å². The van der Waals surface area contributed by atoms with Crippen molar-refractivity contribution in [2.45, 2.75) is 27.7 Å². The summed E-state index contributed by atoms with van der Waals surface area (Å²) in [6.45, 7) is 11.9. The largest absolute Gasteiger partial charge is 0.353 e. The molecule has 1 aromatic heterocycles. The number of hydrogen-bond donors (Lipinski definition) is 0. The minimum Gasteiger partial charge on any atom is -0.353 e. The van der Waals surface area contributed by atoms with E-state index in [0.29, 0.717) is 0 Å². The van der Waals surface area contributed by atoms with Gasteiger partial charge in [-0.15, -0.1) is 0 Å². The summed E-state index contributed by atoms with van der Waals surface area (Å²) in [5.74, 6) is 0. The molecule has 0 aromatic carbocycles. The maximum Gasteiger partial charge on any atom is 0.0219 e. The molecule has 78 valence electrons. The predicted octanol–water partition coefficient (Wildman–Crippen LogP) is 4.04. The van der Waals surface area contributed by atoms with Gasteiger partial charge in [0.05, 0.1) is 0 Å². The van der Waals surface area contributed by atoms with Crippen molar-refractivity contribution < 1.29 is 0 Å². The first-order chi connectivity index (χ1) is 6.70. The molecule has 0 aliphatic rings. The molecule has 1 heteroatoms. The molecule has 0 atom stereocenters. The molecule has 0 spiro atoms. The molecular weight excluding hydrogens is 170 g/mol. The van der Waals surface area contributed by atoms with E-state index in [-0.39, 0.29) is 0 Å². The smallest absolute Gasteiger partial charge is 0.0219 e. The van der Waals surface area contributed by atoms with Crippen molar-refractivity contribution in [3.05, 3.63) is 35.7 Å². The van der Waals surface area contributed by atoms with Crippen molar-refractivity contribution in [3.63, 3.8) is 0 Å². The number of aromatic nitrogens is 1. The summed E-state index contributed by atoms with van der Waals surface area (Å²) in [5, 5.41) is 0. The highest BCUT2D eigenvalue weighted by atomic mass is 14.9. The molecule has 0 saturated carbocycles. The minimum absolute atomic E-state index is 1.20. The Balaban J connectivity index is 0.000000791. The van der Waals surface area contributed by atoms with Crippen LogP contribution in [0.3, 0.4) is 0 Å². The fourth-order valence-corrected chi connectivity index (χ4v) is 1.32. The van der Waals surface area contributed by atoms with Gasteiger partial charge in [0.25, 0.3) is 0 Å². The molecule has 0 unspecified atom stereocenters. The second-order valence-electron chi connectivity index (χ2n) is 2.90. The molecular formula is C13H21N. The van der Waals surface area contributed by atoms with Crippen LogP contribution in [0.25, 0.3) is 12.2 Å². The Bertz CT molecular complexity index is 316. The highest BCUT2D eigenvalue weighted by molar-refractivity contribution is 5.66. The minimum atomic E-state index is 1.20. The molecule has 0 saturated heterocycles. The second kappa shape index (κ2) is 6.25. The average Bonchev–Trinajstić information content (AvgIpc) is 2.49. The average molecular weight is 191 g/mol. The summed E-state index contributed by atoms with van der Waals surface area (Å²) in [6, 6.07) is 0. The standard InChI is InChI=1S/C11H15N.C2H6/c1-5-7-11-9(3)12(4)8-10(11)6-2;1-2/h5-8H,2H2,1,3-4H3;1-2H3/b7-5-;. The Hall–Kier alpha value is -1.24. The van der Waals surface area contributed by atoms with Crippen molar-refractivity contribution in [2.24, 2.45) is 7.05 Å². The molecule has 0 N–H and O–H groups in total. The van der Waals surface area contributed by atoms with Crippen LogP contribution in [0.1, 0.15) is 37.6 Å². The summed E-state index contributed by atoms with van der Waals surface area (Å²) in [5.41, 5.74) is 3.76. The summed E-state index contributed by atoms with van der Waals surface area (Å²) in [6.07, 6.45) is 8.15. The van der Waals surface area contributed by atoms with Gasteiger partial charge in [0.2, 0.25) is 0 Å². The van der Waals surface area contributed by atoms with Crippen LogP contribution in [0.5, 0.6) is 0 Å². The topological polar surface area (TPSA) is 4.93 Å². The van der Waals surface area contributed by atoms with E-state index in [1.165, 1.54) is 16.8 Å². The zero-order valence-electron chi connectivity index (χ0n) is 9.96. The van der Waals surface area contributed by atoms with Gasteiger partial charge in [0.1, 0.15) is 0 Å². The molecule has 0 radical (unpaired) electrons. The molecule has 1 rings (SSSR count). The third-order valence-electron chi connectivity index (χ3n) is 2.12. The Morgan fingerprint density at radius 2 is 1.93 bits per heavy atom. The number of allylic oxidation sites excluding steroid dienone is 1. The lowest BCUT2D eigenvalue weighted by molar-refractivity contribution is 0.880. The number of hydrogen-bond acceptors (Lipinski definition) is 0. The van der Waals surface area contributed by atoms with Gasteiger partial charge in [-0.2, -0.15) is 0 Å². The first-order valence-corrected chi connectivity index (χ1v) is 5.11. The zero-order valence-corrected chi connectivity index (χ0v) is 9.96. The third kappa shape index (κ3) is 2.63. The van der Waals surface area contributed by atoms with Gasteiger partial charge in [-0.05, 0) is 19.4 Å². The lowest BCUT2D eigenvalue weighted by atomic mass is 10.1. The highest BCUT2D eigenvalue weighted by Gasteiger charge is 2.03. The Morgan fingerprint density at radius 1 is 1.36 bits per heavy atom. The molecule has 0 aliphatic carbocycles. The van der Waals surface area contributed by atoms with Crippen LogP contribution < -0.4 is 0 Å². The lowest BCUT2D eigenvalue weighted by Crippen LogP contribution is -1.87. The zero-order chi connectivity index (χ0) is 11.1. The van der Waals surface area contributed by atoms with Gasteiger partial charge < -0.3 is 4.57 Å². The molecule has 0 fully saturated rings. The summed E-state index contributed by atoms with van der Waals surface area (Å²) in [7, 11) is 2.05. The maximum atomic E-state index is 3.78. The van der Waals surface area contributed by atoms with Crippen molar-refractivity contribution in [2.75, 3.05) is 0 Å². The van der Waals surface area contributed by atoms with E-state index < -0.39 is 0 Å². The quantitative estimate of drug-likeness (QED) is 0.665. The number of nitrogens with zero attached hydrogens (tertiary/aromatic N) is 1. The molecule has 14 heavy (non-hydrogen) atoms. The van der Waals surface area contributed by atoms with Crippen LogP contribution in [0.15, 0.2) is 18.9 Å². The lowest BCUT2D eigenvalue weighted by Gasteiger charge is -1.95. The van der Waals surface area contributed by atoms with Crippen LogP contribution in [-0.4, -0.2) is 4.57 Å².